The molecule has 0 heterocycles. The van der Waals surface area contributed by atoms with E-state index < -0.39 is 97.5 Å². The third kappa shape index (κ3) is 70.3. The van der Waals surface area contributed by atoms with E-state index in [1.807, 2.05) is 0 Å². The van der Waals surface area contributed by atoms with E-state index in [9.17, 15) is 43.2 Å². The largest absolute Gasteiger partial charge is 0.472 e. The lowest BCUT2D eigenvalue weighted by molar-refractivity contribution is -0.161. The molecule has 564 valence electrons. The maximum atomic E-state index is 13.1. The molecular formula is C76H148O17P2. The average Bonchev–Trinajstić information content (AvgIpc) is 2.45. The Kier molecular flexibility index (Phi) is 65.2. The highest BCUT2D eigenvalue weighted by molar-refractivity contribution is 7.47. The zero-order valence-electron chi connectivity index (χ0n) is 62.1. The van der Waals surface area contributed by atoms with Crippen molar-refractivity contribution in [3.8, 4) is 0 Å². The molecule has 5 atom stereocenters. The van der Waals surface area contributed by atoms with E-state index >= 15 is 0 Å². The summed E-state index contributed by atoms with van der Waals surface area (Å²) in [5.41, 5.74) is 0. The topological polar surface area (TPSA) is 237 Å². The molecule has 19 heteroatoms. The fourth-order valence-electron chi connectivity index (χ4n) is 11.6. The summed E-state index contributed by atoms with van der Waals surface area (Å²) in [6.07, 6.45) is 53.3. The number of esters is 4. The van der Waals surface area contributed by atoms with Gasteiger partial charge < -0.3 is 33.8 Å². The number of carbonyl (C=O) groups excluding carboxylic acids is 4. The Bertz CT molecular complexity index is 1850. The van der Waals surface area contributed by atoms with Crippen LogP contribution in [-0.2, 0) is 65.4 Å². The Morgan fingerprint density at radius 3 is 0.716 bits per heavy atom. The molecule has 0 radical (unpaired) electrons. The van der Waals surface area contributed by atoms with Gasteiger partial charge in [-0.1, -0.05) is 337 Å². The fraction of sp³-hybridized carbons (Fsp3) is 0.947. The number of rotatable bonds is 74. The predicted octanol–water partition coefficient (Wildman–Crippen LogP) is 22.2. The molecule has 0 aromatic rings. The number of hydrogen-bond acceptors (Lipinski definition) is 15. The quantitative estimate of drug-likeness (QED) is 0.0222. The second kappa shape index (κ2) is 66.6. The van der Waals surface area contributed by atoms with E-state index in [0.717, 1.165) is 114 Å². The van der Waals surface area contributed by atoms with Crippen LogP contribution in [0.5, 0.6) is 0 Å². The molecule has 0 aliphatic rings. The number of unbranched alkanes of at least 4 members (excludes halogenated alkanes) is 42. The molecule has 0 saturated carbocycles. The lowest BCUT2D eigenvalue weighted by atomic mass is 10.0. The highest BCUT2D eigenvalue weighted by Gasteiger charge is 2.30. The summed E-state index contributed by atoms with van der Waals surface area (Å²) < 4.78 is 68.3. The van der Waals surface area contributed by atoms with E-state index in [1.165, 1.54) is 193 Å². The maximum Gasteiger partial charge on any atom is 0.472 e. The van der Waals surface area contributed by atoms with Crippen molar-refractivity contribution in [2.45, 2.75) is 407 Å². The molecule has 0 aromatic carbocycles. The standard InChI is InChI=1S/C76H148O17P2/c1-8-9-10-40-50-57-73(78)86-63-71(92-76(81)60-53-46-39-33-27-30-36-43-49-56-69(6)7)65-90-94(82,83)88-61-70(77)62-89-95(84,85)91-66-72(64-87-74(79)58-51-44-37-31-25-21-18-17-20-24-29-35-42-48-55-68(4)5)93-75(80)59-52-45-38-32-26-22-16-14-12-11-13-15-19-23-28-34-41-47-54-67(2)3/h67-72,77H,8-66H2,1-7H3,(H,82,83)(H,84,85)/t70-,71+,72+/m0/s1. The van der Waals surface area contributed by atoms with Crippen LogP contribution in [0, 0.1) is 17.8 Å². The van der Waals surface area contributed by atoms with Crippen molar-refractivity contribution in [2.75, 3.05) is 39.6 Å². The molecule has 0 saturated heterocycles. The molecule has 3 N–H and O–H groups in total. The van der Waals surface area contributed by atoms with Crippen molar-refractivity contribution in [1.29, 1.82) is 0 Å². The molecule has 17 nitrogen and oxygen atoms in total. The van der Waals surface area contributed by atoms with E-state index in [1.54, 1.807) is 0 Å². The Hall–Kier alpha value is -1.94. The van der Waals surface area contributed by atoms with Gasteiger partial charge >= 0.3 is 39.5 Å². The lowest BCUT2D eigenvalue weighted by Gasteiger charge is -2.21. The summed E-state index contributed by atoms with van der Waals surface area (Å²) in [5.74, 6) is 0.226. The highest BCUT2D eigenvalue weighted by atomic mass is 31.2. The van der Waals surface area contributed by atoms with Gasteiger partial charge in [0.05, 0.1) is 26.4 Å². The summed E-state index contributed by atoms with van der Waals surface area (Å²) in [6, 6.07) is 0. The van der Waals surface area contributed by atoms with Crippen LogP contribution in [0.4, 0.5) is 0 Å². The molecule has 0 aromatic heterocycles. The minimum Gasteiger partial charge on any atom is -0.462 e. The number of aliphatic hydroxyl groups is 1. The first-order chi connectivity index (χ1) is 45.7. The molecule has 0 aliphatic carbocycles. The minimum atomic E-state index is -4.96. The molecule has 2 unspecified atom stereocenters. The molecule has 0 aliphatic heterocycles. The number of phosphoric ester groups is 2. The van der Waals surface area contributed by atoms with Gasteiger partial charge in [0.25, 0.3) is 0 Å². The molecular weight excluding hydrogens is 1250 g/mol. The van der Waals surface area contributed by atoms with Crippen LogP contribution in [-0.4, -0.2) is 96.7 Å². The van der Waals surface area contributed by atoms with Gasteiger partial charge in [0.2, 0.25) is 0 Å². The summed E-state index contributed by atoms with van der Waals surface area (Å²) in [6.45, 7) is 11.8. The number of ether oxygens (including phenoxy) is 4. The first-order valence-corrected chi connectivity index (χ1v) is 42.3. The van der Waals surface area contributed by atoms with Crippen LogP contribution in [0.2, 0.25) is 0 Å². The van der Waals surface area contributed by atoms with Crippen molar-refractivity contribution in [3.05, 3.63) is 0 Å². The van der Waals surface area contributed by atoms with Gasteiger partial charge in [-0.15, -0.1) is 0 Å². The van der Waals surface area contributed by atoms with Crippen LogP contribution in [0.3, 0.4) is 0 Å². The zero-order chi connectivity index (χ0) is 70.1. The minimum absolute atomic E-state index is 0.104. The third-order valence-electron chi connectivity index (χ3n) is 17.6. The number of phosphoric acid groups is 2. The van der Waals surface area contributed by atoms with Gasteiger partial charge in [-0.05, 0) is 43.4 Å². The summed E-state index contributed by atoms with van der Waals surface area (Å²) in [7, 11) is -9.90. The predicted molar refractivity (Wildman–Crippen MR) is 386 cm³/mol. The fourth-order valence-corrected chi connectivity index (χ4v) is 13.2. The number of aliphatic hydroxyl groups excluding tert-OH is 1. The van der Waals surface area contributed by atoms with Crippen molar-refractivity contribution in [1.82, 2.24) is 0 Å². The van der Waals surface area contributed by atoms with Gasteiger partial charge in [-0.2, -0.15) is 0 Å². The SMILES string of the molecule is CCCCCCCC(=O)OC[C@H](COP(=O)(O)OC[C@H](O)COP(=O)(O)OC[C@@H](COC(=O)CCCCCCCCCCCCCCCCC(C)C)OC(=O)CCCCCCCCCCCCCCCCCCCCC(C)C)OC(=O)CCCCCCCCCCCC(C)C. The highest BCUT2D eigenvalue weighted by Crippen LogP contribution is 2.45. The van der Waals surface area contributed by atoms with Crippen molar-refractivity contribution < 1.29 is 80.2 Å². The van der Waals surface area contributed by atoms with E-state index in [-0.39, 0.29) is 25.7 Å². The van der Waals surface area contributed by atoms with Gasteiger partial charge in [0.15, 0.2) is 12.2 Å². The van der Waals surface area contributed by atoms with Crippen LogP contribution >= 0.6 is 15.6 Å². The zero-order valence-corrected chi connectivity index (χ0v) is 63.9. The Labute approximate surface area is 581 Å². The van der Waals surface area contributed by atoms with Crippen molar-refractivity contribution in [2.24, 2.45) is 17.8 Å². The first-order valence-electron chi connectivity index (χ1n) is 39.3. The molecule has 0 rings (SSSR count). The Balaban J connectivity index is 5.13. The molecule has 0 amide bonds. The molecule has 0 spiro atoms. The van der Waals surface area contributed by atoms with Crippen LogP contribution < -0.4 is 0 Å². The van der Waals surface area contributed by atoms with E-state index in [4.69, 9.17) is 37.0 Å². The first kappa shape index (κ1) is 93.1. The summed E-state index contributed by atoms with van der Waals surface area (Å²) >= 11 is 0. The second-order valence-corrected chi connectivity index (χ2v) is 31.7. The lowest BCUT2D eigenvalue weighted by Crippen LogP contribution is -2.30. The van der Waals surface area contributed by atoms with Crippen LogP contribution in [0.25, 0.3) is 0 Å². The normalized spacial score (nSPS) is 14.1. The van der Waals surface area contributed by atoms with Gasteiger partial charge in [0, 0.05) is 25.7 Å². The molecule has 0 bridgehead atoms. The van der Waals surface area contributed by atoms with Gasteiger partial charge in [-0.25, -0.2) is 9.13 Å². The van der Waals surface area contributed by atoms with Crippen molar-refractivity contribution in [3.63, 3.8) is 0 Å². The number of hydrogen-bond donors (Lipinski definition) is 3. The van der Waals surface area contributed by atoms with Gasteiger partial charge in [-0.3, -0.25) is 37.3 Å². The summed E-state index contributed by atoms with van der Waals surface area (Å²) in [4.78, 5) is 72.5. The summed E-state index contributed by atoms with van der Waals surface area (Å²) in [5, 5.41) is 10.6. The smallest absolute Gasteiger partial charge is 0.462 e. The van der Waals surface area contributed by atoms with E-state index in [0.29, 0.717) is 25.7 Å². The van der Waals surface area contributed by atoms with E-state index in [2.05, 4.69) is 48.5 Å². The van der Waals surface area contributed by atoms with Crippen LogP contribution in [0.1, 0.15) is 389 Å². The number of carbonyl (C=O) groups is 4. The average molecular weight is 1400 g/mol. The second-order valence-electron chi connectivity index (χ2n) is 28.8. The Morgan fingerprint density at radius 1 is 0.284 bits per heavy atom. The van der Waals surface area contributed by atoms with Gasteiger partial charge in [0.1, 0.15) is 19.3 Å². The van der Waals surface area contributed by atoms with Crippen molar-refractivity contribution >= 4 is 39.5 Å². The third-order valence-corrected chi connectivity index (χ3v) is 19.5. The molecule has 0 fully saturated rings. The maximum absolute atomic E-state index is 13.1. The molecule has 95 heavy (non-hydrogen) atoms. The monoisotopic (exact) mass is 1400 g/mol. The van der Waals surface area contributed by atoms with Crippen LogP contribution in [0.15, 0.2) is 0 Å². The Morgan fingerprint density at radius 2 is 0.484 bits per heavy atom.